The van der Waals surface area contributed by atoms with E-state index in [0.717, 1.165) is 0 Å². The molecule has 1 N–H and O–H groups in total. The van der Waals surface area contributed by atoms with Gasteiger partial charge in [-0.2, -0.15) is 0 Å². The van der Waals surface area contributed by atoms with Gasteiger partial charge in [-0.25, -0.2) is 0 Å². The number of pyridine rings is 1. The second kappa shape index (κ2) is 7.72. The van der Waals surface area contributed by atoms with Gasteiger partial charge in [0, 0.05) is 26.3 Å². The minimum absolute atomic E-state index is 0.0246. The van der Waals surface area contributed by atoms with Crippen molar-refractivity contribution in [3.05, 3.63) is 63.0 Å². The van der Waals surface area contributed by atoms with Crippen molar-refractivity contribution in [2.45, 2.75) is 0 Å². The van der Waals surface area contributed by atoms with Crippen LogP contribution in [0.2, 0.25) is 5.02 Å². The number of carbonyl (C=O) groups excluding carboxylic acids is 2. The largest absolute Gasteiger partial charge is 0.378 e. The summed E-state index contributed by atoms with van der Waals surface area (Å²) in [6, 6.07) is 7.93. The Balaban J connectivity index is 1.89. The molecule has 1 fully saturated rings. The fourth-order valence-corrected chi connectivity index (χ4v) is 2.92. The van der Waals surface area contributed by atoms with Crippen LogP contribution >= 0.6 is 11.6 Å². The van der Waals surface area contributed by atoms with Crippen molar-refractivity contribution < 1.29 is 14.3 Å². The number of nitrogens with zero attached hydrogens (tertiary/aromatic N) is 2. The number of rotatable bonds is 3. The first kappa shape index (κ1) is 18.2. The smallest absolute Gasteiger partial charge is 0.274 e. The van der Waals surface area contributed by atoms with Gasteiger partial charge in [0.2, 0.25) is 0 Å². The van der Waals surface area contributed by atoms with E-state index < -0.39 is 11.5 Å². The van der Waals surface area contributed by atoms with Crippen LogP contribution < -0.4 is 10.9 Å². The highest BCUT2D eigenvalue weighted by atomic mass is 35.5. The summed E-state index contributed by atoms with van der Waals surface area (Å²) in [5, 5.41) is 2.83. The van der Waals surface area contributed by atoms with E-state index in [9.17, 15) is 14.4 Å². The van der Waals surface area contributed by atoms with Crippen LogP contribution in [0.5, 0.6) is 0 Å². The van der Waals surface area contributed by atoms with Crippen molar-refractivity contribution in [1.82, 2.24) is 9.47 Å². The molecule has 2 heterocycles. The third-order valence-electron chi connectivity index (χ3n) is 4.10. The van der Waals surface area contributed by atoms with E-state index in [4.69, 9.17) is 16.3 Å². The molecule has 1 aromatic heterocycles. The van der Waals surface area contributed by atoms with Crippen LogP contribution in [0.15, 0.2) is 41.3 Å². The van der Waals surface area contributed by atoms with Crippen molar-refractivity contribution in [2.24, 2.45) is 7.05 Å². The second-order valence-electron chi connectivity index (χ2n) is 5.90. The topological polar surface area (TPSA) is 80.6 Å². The van der Waals surface area contributed by atoms with Gasteiger partial charge in [-0.15, -0.1) is 0 Å². The first-order valence-corrected chi connectivity index (χ1v) is 8.49. The molecule has 0 bridgehead atoms. The summed E-state index contributed by atoms with van der Waals surface area (Å²) in [6.45, 7) is 1.94. The van der Waals surface area contributed by atoms with E-state index in [-0.39, 0.29) is 22.2 Å². The Morgan fingerprint density at radius 1 is 1.19 bits per heavy atom. The minimum atomic E-state index is -0.510. The molecule has 0 spiro atoms. The molecule has 0 atom stereocenters. The Labute approximate surface area is 155 Å². The lowest BCUT2D eigenvalue weighted by molar-refractivity contribution is 0.0302. The van der Waals surface area contributed by atoms with Crippen LogP contribution in [0.1, 0.15) is 20.7 Å². The number of benzene rings is 1. The average molecular weight is 376 g/mol. The number of hydrogen-bond acceptors (Lipinski definition) is 4. The molecule has 1 aliphatic rings. The number of amides is 2. The van der Waals surface area contributed by atoms with Crippen molar-refractivity contribution in [1.29, 1.82) is 0 Å². The average Bonchev–Trinajstić information content (AvgIpc) is 2.65. The van der Waals surface area contributed by atoms with Crippen LogP contribution in [0.4, 0.5) is 5.69 Å². The Morgan fingerprint density at radius 3 is 2.58 bits per heavy atom. The number of aromatic nitrogens is 1. The number of morpholine rings is 1. The molecule has 1 aliphatic heterocycles. The number of ether oxygens (including phenoxy) is 1. The predicted octanol–water partition coefficient (Wildman–Crippen LogP) is 1.76. The lowest BCUT2D eigenvalue weighted by atomic mass is 10.2. The molecule has 8 heteroatoms. The molecule has 1 aromatic carbocycles. The van der Waals surface area contributed by atoms with E-state index in [1.807, 2.05) is 0 Å². The summed E-state index contributed by atoms with van der Waals surface area (Å²) in [7, 11) is 1.53. The lowest BCUT2D eigenvalue weighted by Crippen LogP contribution is -2.41. The first-order valence-electron chi connectivity index (χ1n) is 8.11. The normalized spacial score (nSPS) is 14.2. The Hall–Kier alpha value is -2.64. The second-order valence-corrected chi connectivity index (χ2v) is 6.30. The highest BCUT2D eigenvalue weighted by Crippen LogP contribution is 2.17. The number of anilines is 1. The molecule has 0 saturated carbocycles. The van der Waals surface area contributed by atoms with Crippen LogP contribution in [0.3, 0.4) is 0 Å². The van der Waals surface area contributed by atoms with Crippen molar-refractivity contribution >= 4 is 29.1 Å². The standard InChI is InChI=1S/C18H18ClN3O4/c1-21-11-12(17(24)22-6-8-26-9-7-22)10-15(18(21)25)20-16(23)13-4-2-3-5-14(13)19/h2-5,10-11H,6-9H2,1H3,(H,20,23). The van der Waals surface area contributed by atoms with Crippen molar-refractivity contribution in [2.75, 3.05) is 31.6 Å². The molecule has 136 valence electrons. The number of aryl methyl sites for hydroxylation is 1. The van der Waals surface area contributed by atoms with Crippen LogP contribution in [0.25, 0.3) is 0 Å². The summed E-state index contributed by atoms with van der Waals surface area (Å²) in [6.07, 6.45) is 1.46. The number of carbonyl (C=O) groups is 2. The van der Waals surface area contributed by atoms with Gasteiger partial charge >= 0.3 is 0 Å². The van der Waals surface area contributed by atoms with Gasteiger partial charge in [0.1, 0.15) is 5.69 Å². The SMILES string of the molecule is Cn1cc(C(=O)N2CCOCC2)cc(NC(=O)c2ccccc2Cl)c1=O. The Kier molecular flexibility index (Phi) is 5.39. The molecule has 1 saturated heterocycles. The van der Waals surface area contributed by atoms with Crippen LogP contribution in [-0.2, 0) is 11.8 Å². The van der Waals surface area contributed by atoms with Gasteiger partial charge in [0.05, 0.1) is 29.4 Å². The summed E-state index contributed by atoms with van der Waals surface area (Å²) < 4.78 is 6.52. The molecule has 2 amide bonds. The summed E-state index contributed by atoms with van der Waals surface area (Å²) >= 11 is 6.02. The van der Waals surface area contributed by atoms with Gasteiger partial charge in [-0.1, -0.05) is 23.7 Å². The molecule has 7 nitrogen and oxygen atoms in total. The molecular weight excluding hydrogens is 358 g/mol. The van der Waals surface area contributed by atoms with E-state index in [2.05, 4.69) is 5.32 Å². The third-order valence-corrected chi connectivity index (χ3v) is 4.42. The van der Waals surface area contributed by atoms with E-state index in [0.29, 0.717) is 31.9 Å². The zero-order chi connectivity index (χ0) is 18.7. The molecule has 0 aliphatic carbocycles. The zero-order valence-electron chi connectivity index (χ0n) is 14.2. The van der Waals surface area contributed by atoms with Crippen LogP contribution in [0, 0.1) is 0 Å². The van der Waals surface area contributed by atoms with E-state index in [1.165, 1.54) is 23.9 Å². The number of halogens is 1. The van der Waals surface area contributed by atoms with Gasteiger partial charge in [-0.05, 0) is 18.2 Å². The predicted molar refractivity (Wildman–Crippen MR) is 97.8 cm³/mol. The monoisotopic (exact) mass is 375 g/mol. The fraction of sp³-hybridized carbons (Fsp3) is 0.278. The molecule has 0 radical (unpaired) electrons. The third kappa shape index (κ3) is 3.79. The Bertz CT molecular complexity index is 904. The number of hydrogen-bond donors (Lipinski definition) is 1. The molecular formula is C18H18ClN3O4. The maximum Gasteiger partial charge on any atom is 0.274 e. The fourth-order valence-electron chi connectivity index (χ4n) is 2.70. The lowest BCUT2D eigenvalue weighted by Gasteiger charge is -2.27. The van der Waals surface area contributed by atoms with Crippen molar-refractivity contribution in [3.8, 4) is 0 Å². The summed E-state index contributed by atoms with van der Waals surface area (Å²) in [5.74, 6) is -0.721. The van der Waals surface area contributed by atoms with E-state index >= 15 is 0 Å². The first-order chi connectivity index (χ1) is 12.5. The highest BCUT2D eigenvalue weighted by Gasteiger charge is 2.21. The maximum atomic E-state index is 12.6. The van der Waals surface area contributed by atoms with E-state index in [1.54, 1.807) is 29.2 Å². The molecule has 3 rings (SSSR count). The maximum absolute atomic E-state index is 12.6. The Morgan fingerprint density at radius 2 is 1.88 bits per heavy atom. The van der Waals surface area contributed by atoms with Crippen molar-refractivity contribution in [3.63, 3.8) is 0 Å². The molecule has 26 heavy (non-hydrogen) atoms. The minimum Gasteiger partial charge on any atom is -0.378 e. The van der Waals surface area contributed by atoms with Gasteiger partial charge in [-0.3, -0.25) is 14.4 Å². The number of nitrogens with one attached hydrogen (secondary N) is 1. The van der Waals surface area contributed by atoms with Gasteiger partial charge < -0.3 is 19.5 Å². The summed E-state index contributed by atoms with van der Waals surface area (Å²) in [5.41, 5.74) is 0.185. The van der Waals surface area contributed by atoms with Crippen LogP contribution in [-0.4, -0.2) is 47.6 Å². The van der Waals surface area contributed by atoms with Gasteiger partial charge in [0.15, 0.2) is 0 Å². The van der Waals surface area contributed by atoms with Gasteiger partial charge in [0.25, 0.3) is 17.4 Å². The molecule has 0 unspecified atom stereocenters. The zero-order valence-corrected chi connectivity index (χ0v) is 15.0. The highest BCUT2D eigenvalue weighted by molar-refractivity contribution is 6.34. The quantitative estimate of drug-likeness (QED) is 0.886. The molecule has 2 aromatic rings. The summed E-state index contributed by atoms with van der Waals surface area (Å²) in [4.78, 5) is 39.1.